The molecule has 0 N–H and O–H groups in total. The molecule has 0 spiro atoms. The summed E-state index contributed by atoms with van der Waals surface area (Å²) in [5.74, 6) is 0.898. The second kappa shape index (κ2) is 7.82. The standard InChI is InChI=1S/C18H28N2O3S.ClH/c1-13(2)20(24(4,21)22)15-8-10-19-9-7-14-11-16(23-3)5-6-17(14)18(19)12-15;/h5-6,11,13,15,18H,7-10,12H2,1-4H3;1H. The van der Waals surface area contributed by atoms with Gasteiger partial charge in [-0.1, -0.05) is 6.07 Å². The lowest BCUT2D eigenvalue weighted by Crippen LogP contribution is -2.51. The van der Waals surface area contributed by atoms with E-state index in [2.05, 4.69) is 17.0 Å². The van der Waals surface area contributed by atoms with Crippen LogP contribution in [-0.2, 0) is 16.4 Å². The Hall–Kier alpha value is -0.820. The molecule has 0 amide bonds. The number of piperidine rings is 1. The van der Waals surface area contributed by atoms with Gasteiger partial charge >= 0.3 is 0 Å². The predicted octanol–water partition coefficient (Wildman–Crippen LogP) is 2.85. The molecule has 2 heterocycles. The zero-order valence-electron chi connectivity index (χ0n) is 15.4. The molecule has 142 valence electrons. The summed E-state index contributed by atoms with van der Waals surface area (Å²) in [6.45, 7) is 5.93. The van der Waals surface area contributed by atoms with Gasteiger partial charge in [0, 0.05) is 31.2 Å². The molecule has 0 aromatic heterocycles. The fourth-order valence-electron chi connectivity index (χ4n) is 4.41. The number of sulfonamides is 1. The molecule has 1 aromatic carbocycles. The quantitative estimate of drug-likeness (QED) is 0.795. The van der Waals surface area contributed by atoms with Crippen LogP contribution in [0.25, 0.3) is 0 Å². The van der Waals surface area contributed by atoms with Crippen molar-refractivity contribution < 1.29 is 13.2 Å². The fourth-order valence-corrected chi connectivity index (χ4v) is 5.91. The number of methoxy groups -OCH3 is 1. The normalized spacial score (nSPS) is 23.8. The number of hydrogen-bond donors (Lipinski definition) is 0. The molecule has 0 radical (unpaired) electrons. The van der Waals surface area contributed by atoms with Gasteiger partial charge in [0.2, 0.25) is 10.0 Å². The summed E-state index contributed by atoms with van der Waals surface area (Å²) in [7, 11) is -1.50. The Kier molecular flexibility index (Phi) is 6.41. The van der Waals surface area contributed by atoms with E-state index in [1.54, 1.807) is 11.4 Å². The third-order valence-electron chi connectivity index (χ3n) is 5.31. The first-order valence-electron chi connectivity index (χ1n) is 8.70. The molecule has 25 heavy (non-hydrogen) atoms. The van der Waals surface area contributed by atoms with Crippen LogP contribution in [0.15, 0.2) is 18.2 Å². The fraction of sp³-hybridized carbons (Fsp3) is 0.667. The summed E-state index contributed by atoms with van der Waals surface area (Å²) in [6, 6.07) is 6.69. The average Bonchev–Trinajstić information content (AvgIpc) is 2.52. The lowest BCUT2D eigenvalue weighted by Gasteiger charge is -2.46. The molecule has 2 aliphatic rings. The maximum Gasteiger partial charge on any atom is 0.211 e. The lowest BCUT2D eigenvalue weighted by molar-refractivity contribution is 0.0828. The van der Waals surface area contributed by atoms with Gasteiger partial charge in [0.05, 0.1) is 13.4 Å². The first-order chi connectivity index (χ1) is 11.3. The smallest absolute Gasteiger partial charge is 0.211 e. The van der Waals surface area contributed by atoms with E-state index in [-0.39, 0.29) is 24.5 Å². The Balaban J connectivity index is 0.00000225. The minimum Gasteiger partial charge on any atom is -0.497 e. The van der Waals surface area contributed by atoms with Crippen molar-refractivity contribution in [3.05, 3.63) is 29.3 Å². The number of benzene rings is 1. The second-order valence-corrected chi connectivity index (χ2v) is 9.12. The van der Waals surface area contributed by atoms with Crippen LogP contribution < -0.4 is 4.74 Å². The van der Waals surface area contributed by atoms with E-state index in [1.807, 2.05) is 19.9 Å². The molecule has 3 rings (SSSR count). The SMILES string of the molecule is COc1ccc2c(c1)CCN1CCC(N(C(C)C)S(C)(=O)=O)CC21.Cl. The van der Waals surface area contributed by atoms with Crippen molar-refractivity contribution in [1.82, 2.24) is 9.21 Å². The topological polar surface area (TPSA) is 49.9 Å². The number of hydrogen-bond acceptors (Lipinski definition) is 4. The summed E-state index contributed by atoms with van der Waals surface area (Å²) in [5, 5.41) is 0. The van der Waals surface area contributed by atoms with E-state index in [1.165, 1.54) is 17.4 Å². The van der Waals surface area contributed by atoms with Crippen molar-refractivity contribution in [3.8, 4) is 5.75 Å². The Morgan fingerprint density at radius 1 is 1.28 bits per heavy atom. The number of fused-ring (bicyclic) bond motifs is 3. The third-order valence-corrected chi connectivity index (χ3v) is 6.80. The number of nitrogens with zero attached hydrogens (tertiary/aromatic N) is 2. The number of ether oxygens (including phenoxy) is 1. The Morgan fingerprint density at radius 2 is 2.00 bits per heavy atom. The van der Waals surface area contributed by atoms with Gasteiger partial charge in [0.25, 0.3) is 0 Å². The summed E-state index contributed by atoms with van der Waals surface area (Å²) < 4.78 is 31.6. The van der Waals surface area contributed by atoms with Crippen LogP contribution >= 0.6 is 12.4 Å². The van der Waals surface area contributed by atoms with Crippen molar-refractivity contribution in [3.63, 3.8) is 0 Å². The Morgan fingerprint density at radius 3 is 2.60 bits per heavy atom. The Labute approximate surface area is 157 Å². The second-order valence-electron chi connectivity index (χ2n) is 7.23. The highest BCUT2D eigenvalue weighted by molar-refractivity contribution is 7.88. The van der Waals surface area contributed by atoms with Crippen LogP contribution in [0.1, 0.15) is 43.9 Å². The van der Waals surface area contributed by atoms with Crippen LogP contribution in [0.3, 0.4) is 0 Å². The first-order valence-corrected chi connectivity index (χ1v) is 10.6. The maximum absolute atomic E-state index is 12.3. The van der Waals surface area contributed by atoms with Gasteiger partial charge in [0.15, 0.2) is 0 Å². The minimum absolute atomic E-state index is 0. The minimum atomic E-state index is -3.19. The highest BCUT2D eigenvalue weighted by Gasteiger charge is 2.39. The van der Waals surface area contributed by atoms with Gasteiger partial charge in [-0.05, 0) is 56.4 Å². The van der Waals surface area contributed by atoms with Gasteiger partial charge in [-0.15, -0.1) is 12.4 Å². The zero-order chi connectivity index (χ0) is 17.5. The zero-order valence-corrected chi connectivity index (χ0v) is 17.1. The van der Waals surface area contributed by atoms with Crippen LogP contribution in [0.4, 0.5) is 0 Å². The number of halogens is 1. The van der Waals surface area contributed by atoms with Crippen LogP contribution in [0.5, 0.6) is 5.75 Å². The lowest BCUT2D eigenvalue weighted by atomic mass is 9.84. The highest BCUT2D eigenvalue weighted by Crippen LogP contribution is 2.40. The van der Waals surface area contributed by atoms with Gasteiger partial charge < -0.3 is 4.74 Å². The molecule has 0 bridgehead atoms. The molecule has 2 atom stereocenters. The molecule has 2 aliphatic heterocycles. The summed E-state index contributed by atoms with van der Waals surface area (Å²) >= 11 is 0. The van der Waals surface area contributed by atoms with Gasteiger partial charge in [-0.2, -0.15) is 4.31 Å². The van der Waals surface area contributed by atoms with Crippen LogP contribution in [-0.4, -0.2) is 56.2 Å². The summed E-state index contributed by atoms with van der Waals surface area (Å²) in [4.78, 5) is 2.51. The van der Waals surface area contributed by atoms with Crippen molar-refractivity contribution in [2.75, 3.05) is 26.5 Å². The molecule has 1 fully saturated rings. The van der Waals surface area contributed by atoms with Crippen molar-refractivity contribution in [2.45, 2.75) is 51.2 Å². The monoisotopic (exact) mass is 388 g/mol. The largest absolute Gasteiger partial charge is 0.497 e. The van der Waals surface area contributed by atoms with E-state index >= 15 is 0 Å². The molecule has 2 unspecified atom stereocenters. The van der Waals surface area contributed by atoms with Gasteiger partial charge in [-0.3, -0.25) is 4.90 Å². The van der Waals surface area contributed by atoms with Crippen molar-refractivity contribution in [2.24, 2.45) is 0 Å². The summed E-state index contributed by atoms with van der Waals surface area (Å²) in [5.41, 5.74) is 2.68. The molecule has 0 aliphatic carbocycles. The molecule has 1 saturated heterocycles. The number of rotatable bonds is 4. The molecule has 0 saturated carbocycles. The predicted molar refractivity (Wildman–Crippen MR) is 103 cm³/mol. The summed E-state index contributed by atoms with van der Waals surface area (Å²) in [6.07, 6.45) is 4.14. The molecule has 7 heteroatoms. The van der Waals surface area contributed by atoms with Crippen molar-refractivity contribution in [1.29, 1.82) is 0 Å². The van der Waals surface area contributed by atoms with E-state index in [0.29, 0.717) is 6.04 Å². The third kappa shape index (κ3) is 4.13. The molecule has 5 nitrogen and oxygen atoms in total. The van der Waals surface area contributed by atoms with Gasteiger partial charge in [-0.25, -0.2) is 8.42 Å². The molecular formula is C18H29ClN2O3S. The highest BCUT2D eigenvalue weighted by atomic mass is 35.5. The first kappa shape index (κ1) is 20.5. The van der Waals surface area contributed by atoms with Crippen LogP contribution in [0, 0.1) is 0 Å². The Bertz CT molecular complexity index is 708. The van der Waals surface area contributed by atoms with E-state index in [0.717, 1.165) is 38.1 Å². The van der Waals surface area contributed by atoms with E-state index in [4.69, 9.17) is 4.74 Å². The van der Waals surface area contributed by atoms with Crippen molar-refractivity contribution >= 4 is 22.4 Å². The van der Waals surface area contributed by atoms with E-state index in [9.17, 15) is 8.42 Å². The van der Waals surface area contributed by atoms with Crippen LogP contribution in [0.2, 0.25) is 0 Å². The maximum atomic E-state index is 12.3. The van der Waals surface area contributed by atoms with Gasteiger partial charge in [0.1, 0.15) is 5.75 Å². The van der Waals surface area contributed by atoms with E-state index < -0.39 is 10.0 Å². The average molecular weight is 389 g/mol. The molecular weight excluding hydrogens is 360 g/mol. The molecule has 1 aromatic rings.